The highest BCUT2D eigenvalue weighted by molar-refractivity contribution is 7.53. The molecule has 8 heteroatoms. The van der Waals surface area contributed by atoms with Crippen molar-refractivity contribution in [3.8, 4) is 5.75 Å². The van der Waals surface area contributed by atoms with E-state index >= 15 is 0 Å². The molecule has 0 unspecified atom stereocenters. The molecule has 2 heterocycles. The summed E-state index contributed by atoms with van der Waals surface area (Å²) in [5, 5.41) is 2.00. The number of nitrogen functional groups attached to an aromatic ring is 1. The molecule has 0 fully saturated rings. The van der Waals surface area contributed by atoms with Crippen LogP contribution in [0.15, 0.2) is 48.7 Å². The van der Waals surface area contributed by atoms with Crippen LogP contribution in [0.5, 0.6) is 5.75 Å². The van der Waals surface area contributed by atoms with E-state index in [-0.39, 0.29) is 12.8 Å². The lowest BCUT2D eigenvalue weighted by molar-refractivity contribution is 0.213. The van der Waals surface area contributed by atoms with Gasteiger partial charge in [0.25, 0.3) is 0 Å². The number of pyridine rings is 2. The second-order valence-corrected chi connectivity index (χ2v) is 11.0. The minimum atomic E-state index is -3.10. The van der Waals surface area contributed by atoms with Gasteiger partial charge in [-0.3, -0.25) is 14.5 Å². The first-order valence-electron chi connectivity index (χ1n) is 12.4. The van der Waals surface area contributed by atoms with Crippen LogP contribution in [-0.2, 0) is 26.5 Å². The Morgan fingerprint density at radius 1 is 0.944 bits per heavy atom. The van der Waals surface area contributed by atoms with Gasteiger partial charge in [-0.2, -0.15) is 0 Å². The number of aryl methyl sites for hydroxylation is 4. The standard InChI is InChI=1S/C28H34N3O4P/c1-5-34-36(32,35-6-2)16-15-33-23-12-9-21(20(4)17-23)8-10-22-11-13-24-26(31-22)18-30-28-19(3)7-14-25(29)27(24)28/h7,9,11-14,17-18H,5-6,8,10,15-16,29H2,1-4H3. The lowest BCUT2D eigenvalue weighted by Gasteiger charge is -2.17. The molecule has 0 atom stereocenters. The second kappa shape index (κ2) is 11.4. The van der Waals surface area contributed by atoms with Gasteiger partial charge in [0.1, 0.15) is 5.75 Å². The average Bonchev–Trinajstić information content (AvgIpc) is 2.85. The van der Waals surface area contributed by atoms with Gasteiger partial charge in [-0.1, -0.05) is 18.2 Å². The smallest absolute Gasteiger partial charge is 0.334 e. The van der Waals surface area contributed by atoms with E-state index < -0.39 is 7.60 Å². The van der Waals surface area contributed by atoms with E-state index in [9.17, 15) is 4.57 Å². The summed E-state index contributed by atoms with van der Waals surface area (Å²) in [7, 11) is -3.10. The van der Waals surface area contributed by atoms with Crippen molar-refractivity contribution in [2.75, 3.05) is 31.7 Å². The summed E-state index contributed by atoms with van der Waals surface area (Å²) in [4.78, 5) is 9.48. The zero-order valence-corrected chi connectivity index (χ0v) is 22.3. The van der Waals surface area contributed by atoms with Crippen LogP contribution in [0.25, 0.3) is 21.8 Å². The molecule has 0 aliphatic carbocycles. The molecule has 0 saturated heterocycles. The van der Waals surface area contributed by atoms with Crippen LogP contribution in [0.2, 0.25) is 0 Å². The number of ether oxygens (including phenoxy) is 1. The Morgan fingerprint density at radius 3 is 2.44 bits per heavy atom. The number of hydrogen-bond acceptors (Lipinski definition) is 7. The summed E-state index contributed by atoms with van der Waals surface area (Å²) in [6.07, 6.45) is 3.72. The molecule has 7 nitrogen and oxygen atoms in total. The van der Waals surface area contributed by atoms with Gasteiger partial charge in [0, 0.05) is 22.2 Å². The van der Waals surface area contributed by atoms with Crippen LogP contribution < -0.4 is 10.5 Å². The maximum atomic E-state index is 12.6. The molecule has 190 valence electrons. The summed E-state index contributed by atoms with van der Waals surface area (Å²) >= 11 is 0. The minimum Gasteiger partial charge on any atom is -0.493 e. The molecule has 0 aliphatic heterocycles. The zero-order chi connectivity index (χ0) is 25.7. The van der Waals surface area contributed by atoms with Crippen LogP contribution >= 0.6 is 7.60 Å². The third-order valence-electron chi connectivity index (χ3n) is 6.23. The summed E-state index contributed by atoms with van der Waals surface area (Å²) in [6, 6.07) is 14.1. The maximum absolute atomic E-state index is 12.6. The molecule has 2 aromatic heterocycles. The van der Waals surface area contributed by atoms with E-state index in [1.54, 1.807) is 13.8 Å². The highest BCUT2D eigenvalue weighted by Gasteiger charge is 2.23. The highest BCUT2D eigenvalue weighted by Crippen LogP contribution is 2.47. The largest absolute Gasteiger partial charge is 0.493 e. The predicted molar refractivity (Wildman–Crippen MR) is 146 cm³/mol. The van der Waals surface area contributed by atoms with Gasteiger partial charge in [0.2, 0.25) is 0 Å². The number of anilines is 1. The van der Waals surface area contributed by atoms with Gasteiger partial charge in [-0.15, -0.1) is 0 Å². The van der Waals surface area contributed by atoms with Gasteiger partial charge < -0.3 is 19.5 Å². The predicted octanol–water partition coefficient (Wildman–Crippen LogP) is 6.41. The molecular formula is C28H34N3O4P. The number of hydrogen-bond donors (Lipinski definition) is 1. The van der Waals surface area contributed by atoms with Gasteiger partial charge >= 0.3 is 7.60 Å². The normalized spacial score (nSPS) is 11.9. The Kier molecular flexibility index (Phi) is 8.24. The molecule has 36 heavy (non-hydrogen) atoms. The van der Waals surface area contributed by atoms with Crippen molar-refractivity contribution in [2.24, 2.45) is 0 Å². The first-order valence-corrected chi connectivity index (χ1v) is 14.1. The Labute approximate surface area is 212 Å². The molecule has 2 N–H and O–H groups in total. The van der Waals surface area contributed by atoms with Crippen molar-refractivity contribution in [1.82, 2.24) is 9.97 Å². The number of benzene rings is 2. The molecule has 0 spiro atoms. The number of rotatable bonds is 11. The highest BCUT2D eigenvalue weighted by atomic mass is 31.2. The van der Waals surface area contributed by atoms with E-state index in [1.807, 2.05) is 37.4 Å². The van der Waals surface area contributed by atoms with Crippen molar-refractivity contribution in [3.05, 3.63) is 71.0 Å². The molecule has 0 amide bonds. The van der Waals surface area contributed by atoms with Crippen molar-refractivity contribution in [3.63, 3.8) is 0 Å². The molecule has 4 aromatic rings. The molecular weight excluding hydrogens is 473 g/mol. The Morgan fingerprint density at radius 2 is 1.72 bits per heavy atom. The van der Waals surface area contributed by atoms with Crippen LogP contribution in [0, 0.1) is 13.8 Å². The van der Waals surface area contributed by atoms with Crippen LogP contribution in [0.1, 0.15) is 36.2 Å². The fourth-order valence-corrected chi connectivity index (χ4v) is 5.82. The van der Waals surface area contributed by atoms with Crippen LogP contribution in [0.3, 0.4) is 0 Å². The number of fused-ring (bicyclic) bond motifs is 3. The van der Waals surface area contributed by atoms with E-state index in [0.717, 1.165) is 62.9 Å². The molecule has 0 bridgehead atoms. The molecule has 0 aliphatic rings. The van der Waals surface area contributed by atoms with Crippen molar-refractivity contribution < 1.29 is 18.3 Å². The quantitative estimate of drug-likeness (QED) is 0.142. The number of aromatic nitrogens is 2. The topological polar surface area (TPSA) is 96.6 Å². The molecule has 4 rings (SSSR count). The van der Waals surface area contributed by atoms with E-state index in [0.29, 0.717) is 13.2 Å². The maximum Gasteiger partial charge on any atom is 0.334 e. The van der Waals surface area contributed by atoms with Gasteiger partial charge in [-0.25, -0.2) is 0 Å². The second-order valence-electron chi connectivity index (χ2n) is 8.80. The number of nitrogens with two attached hydrogens (primary N) is 1. The van der Waals surface area contributed by atoms with E-state index in [2.05, 4.69) is 30.1 Å². The average molecular weight is 508 g/mol. The van der Waals surface area contributed by atoms with Gasteiger partial charge in [0.15, 0.2) is 0 Å². The summed E-state index contributed by atoms with van der Waals surface area (Å²) in [6.45, 7) is 8.68. The van der Waals surface area contributed by atoms with Gasteiger partial charge in [-0.05, 0) is 81.5 Å². The fraction of sp³-hybridized carbons (Fsp3) is 0.357. The van der Waals surface area contributed by atoms with E-state index in [1.165, 1.54) is 5.56 Å². The molecule has 0 saturated carbocycles. The Hall–Kier alpha value is -2.99. The monoisotopic (exact) mass is 507 g/mol. The Bertz CT molecular complexity index is 1410. The third-order valence-corrected chi connectivity index (χ3v) is 8.26. The lowest BCUT2D eigenvalue weighted by atomic mass is 10.0. The van der Waals surface area contributed by atoms with Crippen molar-refractivity contribution in [2.45, 2.75) is 40.5 Å². The minimum absolute atomic E-state index is 0.221. The van der Waals surface area contributed by atoms with Crippen LogP contribution in [-0.4, -0.2) is 36.0 Å². The number of nitrogens with zero attached hydrogens (tertiary/aromatic N) is 2. The summed E-state index contributed by atoms with van der Waals surface area (Å²) < 4.78 is 29.1. The fourth-order valence-electron chi connectivity index (χ4n) is 4.39. The first kappa shape index (κ1) is 26.1. The third kappa shape index (κ3) is 5.86. The van der Waals surface area contributed by atoms with Gasteiger partial charge in [0.05, 0.1) is 43.2 Å². The first-order chi connectivity index (χ1) is 17.3. The lowest BCUT2D eigenvalue weighted by Crippen LogP contribution is -2.08. The molecule has 0 radical (unpaired) electrons. The summed E-state index contributed by atoms with van der Waals surface area (Å²) in [5.41, 5.74) is 13.3. The van der Waals surface area contributed by atoms with Crippen molar-refractivity contribution in [1.29, 1.82) is 0 Å². The zero-order valence-electron chi connectivity index (χ0n) is 21.4. The summed E-state index contributed by atoms with van der Waals surface area (Å²) in [5.74, 6) is 0.741. The van der Waals surface area contributed by atoms with Crippen molar-refractivity contribution >= 4 is 35.1 Å². The SMILES string of the molecule is CCOP(=O)(CCOc1ccc(CCc2ccc3c(cnc4c(C)ccc(N)c43)n2)c(C)c1)OCC. The van der Waals surface area contributed by atoms with Crippen LogP contribution in [0.4, 0.5) is 5.69 Å². The molecule has 2 aromatic carbocycles. The Balaban J connectivity index is 1.41. The van der Waals surface area contributed by atoms with E-state index in [4.69, 9.17) is 24.5 Å².